The Morgan fingerprint density at radius 2 is 1.45 bits per heavy atom. The Hall–Kier alpha value is -2.39. The molecule has 3 heteroatoms. The lowest BCUT2D eigenvalue weighted by atomic mass is 9.94. The molecule has 0 amide bonds. The molecule has 0 heterocycles. The summed E-state index contributed by atoms with van der Waals surface area (Å²) in [5.41, 5.74) is 5.74. The first kappa shape index (κ1) is 24.9. The van der Waals surface area contributed by atoms with E-state index in [-0.39, 0.29) is 11.9 Å². The van der Waals surface area contributed by atoms with Crippen molar-refractivity contribution in [3.63, 3.8) is 0 Å². The van der Waals surface area contributed by atoms with E-state index in [9.17, 15) is 4.79 Å². The maximum Gasteiger partial charge on any atom is 0.333 e. The fourth-order valence-corrected chi connectivity index (χ4v) is 3.60. The molecule has 0 aliphatic heterocycles. The molecule has 0 spiro atoms. The quantitative estimate of drug-likeness (QED) is 0.199. The van der Waals surface area contributed by atoms with Crippen molar-refractivity contribution in [3.05, 3.63) is 82.9 Å². The van der Waals surface area contributed by atoms with Gasteiger partial charge in [-0.3, -0.25) is 0 Å². The van der Waals surface area contributed by atoms with Crippen molar-refractivity contribution in [2.24, 2.45) is 0 Å². The Labute approximate surface area is 188 Å². The second-order valence-corrected chi connectivity index (χ2v) is 8.37. The van der Waals surface area contributed by atoms with Gasteiger partial charge in [-0.25, -0.2) is 4.79 Å². The lowest BCUT2D eigenvalue weighted by Gasteiger charge is -2.18. The summed E-state index contributed by atoms with van der Waals surface area (Å²) in [6, 6.07) is 17.8. The van der Waals surface area contributed by atoms with Crippen LogP contribution >= 0.6 is 0 Å². The second-order valence-electron chi connectivity index (χ2n) is 8.37. The lowest BCUT2D eigenvalue weighted by molar-refractivity contribution is -0.139. The molecular formula is C28H38O3. The highest BCUT2D eigenvalue weighted by molar-refractivity contribution is 5.86. The maximum atomic E-state index is 11.8. The van der Waals surface area contributed by atoms with Crippen LogP contribution in [0.25, 0.3) is 0 Å². The molecule has 0 fully saturated rings. The van der Waals surface area contributed by atoms with Gasteiger partial charge in [-0.05, 0) is 61.3 Å². The van der Waals surface area contributed by atoms with E-state index < -0.39 is 0 Å². The average Bonchev–Trinajstić information content (AvgIpc) is 2.79. The van der Waals surface area contributed by atoms with Crippen LogP contribution in [0.3, 0.4) is 0 Å². The van der Waals surface area contributed by atoms with Gasteiger partial charge in [0.05, 0.1) is 6.61 Å². The predicted octanol–water partition coefficient (Wildman–Crippen LogP) is 6.44. The fourth-order valence-electron chi connectivity index (χ4n) is 3.60. The minimum absolute atomic E-state index is 0.123. The van der Waals surface area contributed by atoms with E-state index >= 15 is 0 Å². The van der Waals surface area contributed by atoms with Gasteiger partial charge in [0, 0.05) is 25.2 Å². The molecule has 0 aromatic heterocycles. The van der Waals surface area contributed by atoms with Gasteiger partial charge in [0.15, 0.2) is 0 Å². The molecule has 0 saturated carbocycles. The molecule has 2 aromatic carbocycles. The molecule has 0 aliphatic rings. The van der Waals surface area contributed by atoms with Gasteiger partial charge in [0.1, 0.15) is 0 Å². The van der Waals surface area contributed by atoms with Crippen LogP contribution in [0.1, 0.15) is 67.7 Å². The summed E-state index contributed by atoms with van der Waals surface area (Å²) in [5, 5.41) is 0. The summed E-state index contributed by atoms with van der Waals surface area (Å²) in [6.07, 6.45) is 7.90. The number of rotatable bonds is 14. The van der Waals surface area contributed by atoms with Gasteiger partial charge >= 0.3 is 5.97 Å². The number of unbranched alkanes of at least 4 members (excludes halogenated alkanes) is 2. The number of carbonyl (C=O) groups excluding carboxylic acids is 1. The first-order chi connectivity index (χ1) is 15.0. The van der Waals surface area contributed by atoms with Crippen LogP contribution in [0.15, 0.2) is 60.7 Å². The highest BCUT2D eigenvalue weighted by Crippen LogP contribution is 2.22. The van der Waals surface area contributed by atoms with Crippen molar-refractivity contribution in [2.45, 2.75) is 64.7 Å². The van der Waals surface area contributed by atoms with Crippen molar-refractivity contribution < 1.29 is 14.3 Å². The van der Waals surface area contributed by atoms with E-state index in [0.717, 1.165) is 19.3 Å². The third-order valence-electron chi connectivity index (χ3n) is 5.68. The minimum Gasteiger partial charge on any atom is -0.462 e. The number of esters is 1. The van der Waals surface area contributed by atoms with Crippen LogP contribution in [0.2, 0.25) is 0 Å². The van der Waals surface area contributed by atoms with Crippen LogP contribution in [0.5, 0.6) is 0 Å². The Balaban J connectivity index is 1.89. The van der Waals surface area contributed by atoms with Gasteiger partial charge in [-0.1, -0.05) is 74.9 Å². The van der Waals surface area contributed by atoms with Gasteiger partial charge < -0.3 is 9.47 Å². The van der Waals surface area contributed by atoms with Crippen molar-refractivity contribution in [3.8, 4) is 0 Å². The normalized spacial score (nSPS) is 11.8. The summed E-state index contributed by atoms with van der Waals surface area (Å²) in [6.45, 7) is 8.54. The van der Waals surface area contributed by atoms with Gasteiger partial charge in [0.25, 0.3) is 0 Å². The number of carbonyl (C=O) groups is 1. The lowest BCUT2D eigenvalue weighted by Crippen LogP contribution is -2.15. The van der Waals surface area contributed by atoms with E-state index in [0.29, 0.717) is 18.8 Å². The molecule has 0 saturated heterocycles. The van der Waals surface area contributed by atoms with E-state index in [1.807, 2.05) is 0 Å². The molecule has 1 unspecified atom stereocenters. The Morgan fingerprint density at radius 3 is 1.97 bits per heavy atom. The molecule has 3 nitrogen and oxygen atoms in total. The second kappa shape index (κ2) is 13.8. The molecule has 0 N–H and O–H groups in total. The first-order valence-corrected chi connectivity index (χ1v) is 11.5. The van der Waals surface area contributed by atoms with E-state index in [2.05, 4.69) is 62.0 Å². The summed E-state index contributed by atoms with van der Waals surface area (Å²) in [4.78, 5) is 11.8. The zero-order valence-electron chi connectivity index (χ0n) is 19.5. The smallest absolute Gasteiger partial charge is 0.333 e. The van der Waals surface area contributed by atoms with Crippen molar-refractivity contribution >= 4 is 5.97 Å². The molecule has 168 valence electrons. The van der Waals surface area contributed by atoms with Crippen LogP contribution < -0.4 is 0 Å². The third-order valence-corrected chi connectivity index (χ3v) is 5.68. The Kier molecular flexibility index (Phi) is 11.1. The molecular weight excluding hydrogens is 384 g/mol. The molecule has 2 rings (SSSR count). The van der Waals surface area contributed by atoms with Crippen LogP contribution in [-0.4, -0.2) is 26.3 Å². The van der Waals surface area contributed by atoms with Crippen LogP contribution in [0.4, 0.5) is 0 Å². The summed E-state index contributed by atoms with van der Waals surface area (Å²) < 4.78 is 10.6. The summed E-state index contributed by atoms with van der Waals surface area (Å²) in [7, 11) is 1.69. The molecule has 1 atom stereocenters. The average molecular weight is 423 g/mol. The molecule has 31 heavy (non-hydrogen) atoms. The summed E-state index contributed by atoms with van der Waals surface area (Å²) >= 11 is 0. The first-order valence-electron chi connectivity index (χ1n) is 11.5. The minimum atomic E-state index is -0.338. The molecule has 0 radical (unpaired) electrons. The van der Waals surface area contributed by atoms with Crippen molar-refractivity contribution in [2.75, 3.05) is 20.3 Å². The topological polar surface area (TPSA) is 35.5 Å². The highest BCUT2D eigenvalue weighted by Gasteiger charge is 2.15. The van der Waals surface area contributed by atoms with Crippen molar-refractivity contribution in [1.29, 1.82) is 0 Å². The Bertz CT molecular complexity index is 790. The zero-order valence-corrected chi connectivity index (χ0v) is 19.5. The number of hydrogen-bond donors (Lipinski definition) is 0. The molecule has 0 bridgehead atoms. The van der Waals surface area contributed by atoms with E-state index in [1.165, 1.54) is 47.9 Å². The standard InChI is InChI=1S/C28H38O3/c1-5-6-7-8-23-9-11-24(12-10-23)13-14-25-15-17-26(18-16-25)27(19-20-30-4)21-31-28(29)22(2)3/h9-12,15-18,27H,2,5-8,13-14,19-21H2,1,3-4H3. The number of benzene rings is 2. The van der Waals surface area contributed by atoms with Gasteiger partial charge in [0.2, 0.25) is 0 Å². The van der Waals surface area contributed by atoms with E-state index in [4.69, 9.17) is 9.47 Å². The number of methoxy groups -OCH3 is 1. The summed E-state index contributed by atoms with van der Waals surface area (Å²) in [5.74, 6) is -0.215. The van der Waals surface area contributed by atoms with Crippen LogP contribution in [0, 0.1) is 0 Å². The molecule has 0 aliphatic carbocycles. The van der Waals surface area contributed by atoms with Crippen LogP contribution in [-0.2, 0) is 33.5 Å². The largest absolute Gasteiger partial charge is 0.462 e. The SMILES string of the molecule is C=C(C)C(=O)OCC(CCOC)c1ccc(CCc2ccc(CCCCC)cc2)cc1. The highest BCUT2D eigenvalue weighted by atomic mass is 16.5. The van der Waals surface area contributed by atoms with E-state index in [1.54, 1.807) is 14.0 Å². The number of ether oxygens (including phenoxy) is 2. The van der Waals surface area contributed by atoms with Gasteiger partial charge in [-0.15, -0.1) is 0 Å². The third kappa shape index (κ3) is 9.10. The van der Waals surface area contributed by atoms with Gasteiger partial charge in [-0.2, -0.15) is 0 Å². The van der Waals surface area contributed by atoms with Crippen molar-refractivity contribution in [1.82, 2.24) is 0 Å². The predicted molar refractivity (Wildman–Crippen MR) is 129 cm³/mol. The molecule has 2 aromatic rings. The Morgan fingerprint density at radius 1 is 0.903 bits per heavy atom. The zero-order chi connectivity index (χ0) is 22.5. The number of hydrogen-bond acceptors (Lipinski definition) is 3. The fraction of sp³-hybridized carbons (Fsp3) is 0.464. The number of aryl methyl sites for hydroxylation is 3. The maximum absolute atomic E-state index is 11.8. The monoisotopic (exact) mass is 422 g/mol.